The lowest BCUT2D eigenvalue weighted by Crippen LogP contribution is -1.97. The third kappa shape index (κ3) is 5.67. The number of benzene rings is 9. The van der Waals surface area contributed by atoms with Crippen molar-refractivity contribution in [2.24, 2.45) is 0 Å². The lowest BCUT2D eigenvalue weighted by Gasteiger charge is -2.14. The highest BCUT2D eigenvalue weighted by Crippen LogP contribution is 2.41. The van der Waals surface area contributed by atoms with Gasteiger partial charge in [0.05, 0.1) is 46.0 Å². The molecule has 2 aromatic heterocycles. The van der Waals surface area contributed by atoms with Crippen LogP contribution in [-0.4, -0.2) is 9.13 Å². The molecule has 0 spiro atoms. The molecule has 11 aromatic rings. The molecule has 0 saturated heterocycles. The Bertz CT molecular complexity index is 3470. The van der Waals surface area contributed by atoms with Crippen LogP contribution in [0, 0.1) is 17.9 Å². The second kappa shape index (κ2) is 14.2. The zero-order valence-corrected chi connectivity index (χ0v) is 32.4. The first kappa shape index (κ1) is 34.8. The molecule has 0 unspecified atom stereocenters. The standard InChI is InChI=1S/C56H34N4/c1-58-51-23-13-19-42(36-57)56(51)60-53-25-11-9-22-48(53)50-35-41(27-29-55(50)60)40-26-28-54-49(34-40)47-21-8-10-24-52(47)59(54)46-20-12-18-39(33-46)45-31-43(37-14-4-2-5-15-37)30-44(32-45)38-16-6-3-7-17-38/h2-35H. The fourth-order valence-electron chi connectivity index (χ4n) is 8.98. The molecule has 0 aliphatic heterocycles. The zero-order chi connectivity index (χ0) is 40.2. The summed E-state index contributed by atoms with van der Waals surface area (Å²) in [6.45, 7) is 7.93. The highest BCUT2D eigenvalue weighted by Gasteiger charge is 2.20. The molecule has 0 amide bonds. The Morgan fingerprint density at radius 1 is 0.367 bits per heavy atom. The lowest BCUT2D eigenvalue weighted by molar-refractivity contribution is 1.17. The summed E-state index contributed by atoms with van der Waals surface area (Å²) in [4.78, 5) is 3.82. The van der Waals surface area contributed by atoms with Crippen LogP contribution in [0.1, 0.15) is 5.56 Å². The first-order chi connectivity index (χ1) is 29.7. The summed E-state index contributed by atoms with van der Waals surface area (Å²) in [5.74, 6) is 0. The van der Waals surface area contributed by atoms with Crippen LogP contribution in [0.5, 0.6) is 0 Å². The predicted molar refractivity (Wildman–Crippen MR) is 248 cm³/mol. The van der Waals surface area contributed by atoms with E-state index in [1.807, 2.05) is 12.1 Å². The van der Waals surface area contributed by atoms with Crippen LogP contribution in [-0.2, 0) is 0 Å². The Balaban J connectivity index is 1.05. The Morgan fingerprint density at radius 3 is 1.42 bits per heavy atom. The molecule has 0 N–H and O–H groups in total. The number of nitrogens with zero attached hydrogens (tertiary/aromatic N) is 4. The first-order valence-electron chi connectivity index (χ1n) is 20.0. The molecule has 0 aliphatic rings. The van der Waals surface area contributed by atoms with Gasteiger partial charge in [0, 0.05) is 27.2 Å². The van der Waals surface area contributed by atoms with E-state index in [0.717, 1.165) is 55.2 Å². The van der Waals surface area contributed by atoms with Crippen LogP contribution in [0.2, 0.25) is 0 Å². The summed E-state index contributed by atoms with van der Waals surface area (Å²) in [6, 6.07) is 74.9. The summed E-state index contributed by atoms with van der Waals surface area (Å²) in [6.07, 6.45) is 0. The van der Waals surface area contributed by atoms with Gasteiger partial charge in [-0.1, -0.05) is 133 Å². The van der Waals surface area contributed by atoms with Crippen molar-refractivity contribution in [3.8, 4) is 62.0 Å². The van der Waals surface area contributed by atoms with E-state index in [1.54, 1.807) is 18.2 Å². The van der Waals surface area contributed by atoms with Crippen molar-refractivity contribution in [2.45, 2.75) is 0 Å². The normalized spacial score (nSPS) is 11.3. The van der Waals surface area contributed by atoms with Crippen molar-refractivity contribution in [3.63, 3.8) is 0 Å². The van der Waals surface area contributed by atoms with E-state index in [2.05, 4.69) is 196 Å². The predicted octanol–water partition coefficient (Wildman–Crippen LogP) is 15.0. The van der Waals surface area contributed by atoms with Crippen molar-refractivity contribution in [1.82, 2.24) is 9.13 Å². The first-order valence-corrected chi connectivity index (χ1v) is 20.0. The van der Waals surface area contributed by atoms with E-state index < -0.39 is 0 Å². The molecule has 0 radical (unpaired) electrons. The zero-order valence-electron chi connectivity index (χ0n) is 32.4. The van der Waals surface area contributed by atoms with Crippen LogP contribution in [0.4, 0.5) is 5.69 Å². The fraction of sp³-hybridized carbons (Fsp3) is 0. The number of rotatable bonds is 6. The minimum Gasteiger partial charge on any atom is -0.318 e. The molecule has 0 saturated carbocycles. The molecule has 0 atom stereocenters. The van der Waals surface area contributed by atoms with Crippen molar-refractivity contribution in [2.75, 3.05) is 0 Å². The van der Waals surface area contributed by atoms with E-state index in [1.165, 1.54) is 38.6 Å². The summed E-state index contributed by atoms with van der Waals surface area (Å²) in [7, 11) is 0. The van der Waals surface area contributed by atoms with E-state index in [9.17, 15) is 5.26 Å². The van der Waals surface area contributed by atoms with Gasteiger partial charge in [-0.3, -0.25) is 0 Å². The van der Waals surface area contributed by atoms with Crippen LogP contribution in [0.15, 0.2) is 206 Å². The van der Waals surface area contributed by atoms with E-state index in [0.29, 0.717) is 16.9 Å². The smallest absolute Gasteiger partial charge is 0.211 e. The Morgan fingerprint density at radius 2 is 0.833 bits per heavy atom. The van der Waals surface area contributed by atoms with Gasteiger partial charge in [-0.05, 0) is 117 Å². The number of hydrogen-bond donors (Lipinski definition) is 0. The fourth-order valence-corrected chi connectivity index (χ4v) is 8.98. The SMILES string of the molecule is [C-]#[N+]c1cccc(C#N)c1-n1c2ccccc2c2cc(-c3ccc4c(c3)c3ccccc3n4-c3cccc(-c4cc(-c5ccccc5)cc(-c5ccccc5)c4)c3)ccc21. The van der Waals surface area contributed by atoms with Crippen LogP contribution < -0.4 is 0 Å². The molecular weight excluding hydrogens is 729 g/mol. The maximum atomic E-state index is 10.1. The van der Waals surface area contributed by atoms with E-state index in [4.69, 9.17) is 6.57 Å². The van der Waals surface area contributed by atoms with Gasteiger partial charge in [-0.2, -0.15) is 5.26 Å². The topological polar surface area (TPSA) is 38.0 Å². The quantitative estimate of drug-likeness (QED) is 0.155. The highest BCUT2D eigenvalue weighted by molar-refractivity contribution is 6.13. The molecule has 0 fully saturated rings. The molecule has 4 nitrogen and oxygen atoms in total. The third-order valence-corrected chi connectivity index (χ3v) is 11.7. The summed E-state index contributed by atoms with van der Waals surface area (Å²) < 4.78 is 4.46. The number of aromatic nitrogens is 2. The van der Waals surface area contributed by atoms with Gasteiger partial charge in [-0.15, -0.1) is 0 Å². The molecule has 2 heterocycles. The van der Waals surface area contributed by atoms with Gasteiger partial charge in [0.25, 0.3) is 0 Å². The van der Waals surface area contributed by atoms with Crippen LogP contribution in [0.25, 0.3) is 104 Å². The highest BCUT2D eigenvalue weighted by atomic mass is 15.0. The minimum absolute atomic E-state index is 0.450. The van der Waals surface area contributed by atoms with Crippen LogP contribution in [0.3, 0.4) is 0 Å². The lowest BCUT2D eigenvalue weighted by atomic mass is 9.93. The molecule has 4 heteroatoms. The average molecular weight is 763 g/mol. The van der Waals surface area contributed by atoms with Gasteiger partial charge in [-0.25, -0.2) is 4.85 Å². The number of para-hydroxylation sites is 3. The maximum Gasteiger partial charge on any atom is 0.211 e. The van der Waals surface area contributed by atoms with E-state index >= 15 is 0 Å². The molecule has 11 rings (SSSR count). The molecule has 9 aromatic carbocycles. The summed E-state index contributed by atoms with van der Waals surface area (Å²) in [5, 5.41) is 14.6. The number of fused-ring (bicyclic) bond motifs is 6. The van der Waals surface area contributed by atoms with Crippen molar-refractivity contribution in [1.29, 1.82) is 5.26 Å². The Hall–Kier alpha value is -8.44. The monoisotopic (exact) mass is 762 g/mol. The molecule has 60 heavy (non-hydrogen) atoms. The van der Waals surface area contributed by atoms with Crippen molar-refractivity contribution in [3.05, 3.63) is 223 Å². The third-order valence-electron chi connectivity index (χ3n) is 11.7. The second-order valence-electron chi connectivity index (χ2n) is 15.1. The average Bonchev–Trinajstić information content (AvgIpc) is 3.83. The Kier molecular flexibility index (Phi) is 8.22. The molecule has 278 valence electrons. The molecule has 0 bridgehead atoms. The largest absolute Gasteiger partial charge is 0.318 e. The van der Waals surface area contributed by atoms with Gasteiger partial charge in [0.15, 0.2) is 0 Å². The van der Waals surface area contributed by atoms with E-state index in [-0.39, 0.29) is 0 Å². The summed E-state index contributed by atoms with van der Waals surface area (Å²) >= 11 is 0. The van der Waals surface area contributed by atoms with Crippen molar-refractivity contribution < 1.29 is 0 Å². The number of nitriles is 1. The molecular formula is C56H34N4. The van der Waals surface area contributed by atoms with Gasteiger partial charge in [0.1, 0.15) is 0 Å². The van der Waals surface area contributed by atoms with Crippen molar-refractivity contribution >= 4 is 49.3 Å². The van der Waals surface area contributed by atoms with Crippen LogP contribution >= 0.6 is 0 Å². The number of hydrogen-bond acceptors (Lipinski definition) is 1. The van der Waals surface area contributed by atoms with Gasteiger partial charge in [0.2, 0.25) is 5.69 Å². The summed E-state index contributed by atoms with van der Waals surface area (Å²) in [5.41, 5.74) is 16.1. The van der Waals surface area contributed by atoms with Gasteiger partial charge >= 0.3 is 0 Å². The second-order valence-corrected chi connectivity index (χ2v) is 15.1. The minimum atomic E-state index is 0.450. The Labute approximate surface area is 347 Å². The van der Waals surface area contributed by atoms with Gasteiger partial charge < -0.3 is 9.13 Å². The maximum absolute atomic E-state index is 10.1. The molecule has 0 aliphatic carbocycles.